The smallest absolute Gasteiger partial charge is 0.282 e. The molecular weight excluding hydrogens is 287 g/mol. The van der Waals surface area contributed by atoms with Gasteiger partial charge in [0, 0.05) is 11.3 Å². The molecule has 1 aromatic heterocycles. The minimum Gasteiger partial charge on any atom is -0.282 e. The van der Waals surface area contributed by atoms with Crippen molar-refractivity contribution >= 4 is 35.3 Å². The fraction of sp³-hybridized carbons (Fsp3) is 0.0833. The van der Waals surface area contributed by atoms with Crippen LogP contribution in [0.25, 0.3) is 0 Å². The van der Waals surface area contributed by atoms with Gasteiger partial charge in [0.15, 0.2) is 5.69 Å². The number of carbonyl (C=O) groups is 1. The molecule has 0 saturated carbocycles. The van der Waals surface area contributed by atoms with E-state index in [0.29, 0.717) is 15.6 Å². The van der Waals surface area contributed by atoms with Gasteiger partial charge in [0.05, 0.1) is 16.3 Å². The Morgan fingerprint density at radius 1 is 1.47 bits per heavy atom. The van der Waals surface area contributed by atoms with Gasteiger partial charge >= 0.3 is 0 Å². The zero-order chi connectivity index (χ0) is 13.8. The third-order valence-electron chi connectivity index (χ3n) is 2.29. The second kappa shape index (κ2) is 5.86. The Bertz CT molecular complexity index is 636. The highest BCUT2D eigenvalue weighted by atomic mass is 35.5. The highest BCUT2D eigenvalue weighted by Crippen LogP contribution is 2.23. The number of nitrogens with zero attached hydrogens (tertiary/aromatic N) is 2. The molecule has 2 rings (SSSR count). The Kier molecular flexibility index (Phi) is 4.19. The van der Waals surface area contributed by atoms with Crippen molar-refractivity contribution in [3.05, 3.63) is 51.3 Å². The van der Waals surface area contributed by atoms with Crippen LogP contribution in [0.3, 0.4) is 0 Å². The van der Waals surface area contributed by atoms with Gasteiger partial charge in [0.25, 0.3) is 5.91 Å². The van der Waals surface area contributed by atoms with E-state index in [4.69, 9.17) is 23.2 Å². The number of hydrazone groups is 1. The number of amides is 1. The third-order valence-corrected chi connectivity index (χ3v) is 3.12. The summed E-state index contributed by atoms with van der Waals surface area (Å²) in [7, 11) is 0. The number of aromatic nitrogens is 2. The molecule has 0 aliphatic heterocycles. The van der Waals surface area contributed by atoms with E-state index < -0.39 is 5.91 Å². The molecule has 1 heterocycles. The molecule has 5 nitrogen and oxygen atoms in total. The monoisotopic (exact) mass is 296 g/mol. The summed E-state index contributed by atoms with van der Waals surface area (Å²) < 4.78 is 0. The van der Waals surface area contributed by atoms with E-state index in [-0.39, 0.29) is 5.69 Å². The van der Waals surface area contributed by atoms with Gasteiger partial charge in [-0.15, -0.1) is 0 Å². The van der Waals surface area contributed by atoms with Gasteiger partial charge in [-0.3, -0.25) is 9.89 Å². The zero-order valence-electron chi connectivity index (χ0n) is 9.95. The molecule has 7 heteroatoms. The Morgan fingerprint density at radius 3 is 2.95 bits per heavy atom. The molecule has 1 amide bonds. The molecule has 98 valence electrons. The van der Waals surface area contributed by atoms with E-state index in [1.165, 1.54) is 6.21 Å². The van der Waals surface area contributed by atoms with Gasteiger partial charge in [-0.25, -0.2) is 5.43 Å². The summed E-state index contributed by atoms with van der Waals surface area (Å²) in [4.78, 5) is 11.6. The third kappa shape index (κ3) is 3.33. The summed E-state index contributed by atoms with van der Waals surface area (Å²) in [6, 6.07) is 6.78. The van der Waals surface area contributed by atoms with Crippen LogP contribution in [-0.2, 0) is 0 Å². The molecule has 0 radical (unpaired) electrons. The van der Waals surface area contributed by atoms with E-state index in [9.17, 15) is 4.79 Å². The first-order valence-corrected chi connectivity index (χ1v) is 6.13. The van der Waals surface area contributed by atoms with Crippen LogP contribution in [0.2, 0.25) is 10.0 Å². The molecule has 2 aromatic rings. The van der Waals surface area contributed by atoms with Crippen molar-refractivity contribution in [1.82, 2.24) is 15.6 Å². The quantitative estimate of drug-likeness (QED) is 0.675. The van der Waals surface area contributed by atoms with E-state index in [2.05, 4.69) is 20.7 Å². The summed E-state index contributed by atoms with van der Waals surface area (Å²) in [5.74, 6) is -0.404. The van der Waals surface area contributed by atoms with Crippen molar-refractivity contribution in [2.24, 2.45) is 5.10 Å². The standard InChI is InChI=1S/C12H10Cl2N4O/c1-7-5-10(17-16-7)12(19)18-15-6-8-3-2-4-9(13)11(8)14/h2-6H,1H3,(H,16,17)(H,18,19)/b15-6-. The average molecular weight is 297 g/mol. The topological polar surface area (TPSA) is 70.1 Å². The van der Waals surface area contributed by atoms with E-state index >= 15 is 0 Å². The summed E-state index contributed by atoms with van der Waals surface area (Å²) in [5, 5.41) is 11.1. The molecule has 0 aliphatic rings. The molecular formula is C12H10Cl2N4O. The minimum atomic E-state index is -0.404. The number of rotatable bonds is 3. The van der Waals surface area contributed by atoms with Crippen LogP contribution in [-0.4, -0.2) is 22.3 Å². The number of aromatic amines is 1. The molecule has 0 atom stereocenters. The van der Waals surface area contributed by atoms with Crippen LogP contribution in [0.15, 0.2) is 29.4 Å². The van der Waals surface area contributed by atoms with Crippen LogP contribution in [0.4, 0.5) is 0 Å². The maximum Gasteiger partial charge on any atom is 0.291 e. The molecule has 0 spiro atoms. The Labute approximate surface area is 119 Å². The predicted molar refractivity (Wildman–Crippen MR) is 74.8 cm³/mol. The number of carbonyl (C=O) groups excluding carboxylic acids is 1. The average Bonchev–Trinajstić information content (AvgIpc) is 2.81. The summed E-state index contributed by atoms with van der Waals surface area (Å²) >= 11 is 11.8. The van der Waals surface area contributed by atoms with Crippen LogP contribution < -0.4 is 5.43 Å². The van der Waals surface area contributed by atoms with Crippen LogP contribution >= 0.6 is 23.2 Å². The SMILES string of the molecule is Cc1cc(C(=O)N/N=C\c2cccc(Cl)c2Cl)n[nH]1. The first-order valence-electron chi connectivity index (χ1n) is 5.37. The minimum absolute atomic E-state index is 0.270. The van der Waals surface area contributed by atoms with Gasteiger partial charge in [-0.05, 0) is 19.1 Å². The highest BCUT2D eigenvalue weighted by Gasteiger charge is 2.07. The molecule has 1 aromatic carbocycles. The maximum atomic E-state index is 11.6. The van der Waals surface area contributed by atoms with E-state index in [1.807, 2.05) is 0 Å². The molecule has 19 heavy (non-hydrogen) atoms. The van der Waals surface area contributed by atoms with Crippen molar-refractivity contribution in [3.8, 4) is 0 Å². The van der Waals surface area contributed by atoms with Crippen LogP contribution in [0, 0.1) is 6.92 Å². The maximum absolute atomic E-state index is 11.6. The second-order valence-corrected chi connectivity index (χ2v) is 4.56. The van der Waals surface area contributed by atoms with Crippen LogP contribution in [0.5, 0.6) is 0 Å². The van der Waals surface area contributed by atoms with Gasteiger partial charge in [0.2, 0.25) is 0 Å². The predicted octanol–water partition coefficient (Wildman–Crippen LogP) is 2.79. The number of hydrogen-bond donors (Lipinski definition) is 2. The molecule has 0 bridgehead atoms. The van der Waals surface area contributed by atoms with Crippen molar-refractivity contribution in [1.29, 1.82) is 0 Å². The number of nitrogens with one attached hydrogen (secondary N) is 2. The Hall–Kier alpha value is -1.85. The summed E-state index contributed by atoms with van der Waals surface area (Å²) in [5.41, 5.74) is 4.04. The number of aryl methyl sites for hydroxylation is 1. The fourth-order valence-corrected chi connectivity index (χ4v) is 1.73. The van der Waals surface area contributed by atoms with Crippen molar-refractivity contribution in [2.45, 2.75) is 6.92 Å². The van der Waals surface area contributed by atoms with Crippen molar-refractivity contribution < 1.29 is 4.79 Å². The van der Waals surface area contributed by atoms with Gasteiger partial charge in [-0.2, -0.15) is 10.2 Å². The van der Waals surface area contributed by atoms with E-state index in [1.54, 1.807) is 31.2 Å². The van der Waals surface area contributed by atoms with Gasteiger partial charge in [-0.1, -0.05) is 35.3 Å². The largest absolute Gasteiger partial charge is 0.291 e. The van der Waals surface area contributed by atoms with E-state index in [0.717, 1.165) is 5.69 Å². The molecule has 0 unspecified atom stereocenters. The fourth-order valence-electron chi connectivity index (χ4n) is 1.37. The lowest BCUT2D eigenvalue weighted by Crippen LogP contribution is -2.18. The Balaban J connectivity index is 2.04. The van der Waals surface area contributed by atoms with Gasteiger partial charge in [0.1, 0.15) is 0 Å². The molecule has 0 saturated heterocycles. The first-order chi connectivity index (χ1) is 9.08. The number of halogens is 2. The second-order valence-electron chi connectivity index (χ2n) is 3.78. The summed E-state index contributed by atoms with van der Waals surface area (Å²) in [6.45, 7) is 1.80. The lowest BCUT2D eigenvalue weighted by molar-refractivity contribution is 0.0950. The van der Waals surface area contributed by atoms with Crippen LogP contribution in [0.1, 0.15) is 21.7 Å². The van der Waals surface area contributed by atoms with Gasteiger partial charge < -0.3 is 0 Å². The molecule has 0 fully saturated rings. The molecule has 0 aliphatic carbocycles. The van der Waals surface area contributed by atoms with Crippen molar-refractivity contribution in [2.75, 3.05) is 0 Å². The number of benzene rings is 1. The Morgan fingerprint density at radius 2 is 2.26 bits per heavy atom. The number of hydrogen-bond acceptors (Lipinski definition) is 3. The summed E-state index contributed by atoms with van der Waals surface area (Å²) in [6.07, 6.45) is 1.42. The molecule has 2 N–H and O–H groups in total. The first kappa shape index (κ1) is 13.6. The normalized spacial score (nSPS) is 10.9. The zero-order valence-corrected chi connectivity index (χ0v) is 11.5. The lowest BCUT2D eigenvalue weighted by atomic mass is 10.2. The number of H-pyrrole nitrogens is 1. The van der Waals surface area contributed by atoms with Crippen molar-refractivity contribution in [3.63, 3.8) is 0 Å². The lowest BCUT2D eigenvalue weighted by Gasteiger charge is -1.99. The highest BCUT2D eigenvalue weighted by molar-refractivity contribution is 6.43.